The van der Waals surface area contributed by atoms with E-state index in [1.807, 2.05) is 20.8 Å². The molecule has 3 rings (SSSR count). The summed E-state index contributed by atoms with van der Waals surface area (Å²) in [6.45, 7) is 6.39. The molecular weight excluding hydrogens is 332 g/mol. The summed E-state index contributed by atoms with van der Waals surface area (Å²) in [4.78, 5) is 22.2. The molecule has 1 aliphatic heterocycles. The molecule has 25 heavy (non-hydrogen) atoms. The van der Waals surface area contributed by atoms with Gasteiger partial charge in [0.2, 0.25) is 0 Å². The average molecular weight is 353 g/mol. The van der Waals surface area contributed by atoms with Crippen LogP contribution >= 0.6 is 0 Å². The number of halogens is 2. The predicted octanol–water partition coefficient (Wildman–Crippen LogP) is 3.18. The molecule has 0 saturated carbocycles. The Balaban J connectivity index is 1.84. The van der Waals surface area contributed by atoms with E-state index >= 15 is 0 Å². The summed E-state index contributed by atoms with van der Waals surface area (Å²) in [5.41, 5.74) is -0.318. The van der Waals surface area contributed by atoms with E-state index in [2.05, 4.69) is 15.1 Å². The molecule has 1 amide bonds. The Morgan fingerprint density at radius 2 is 2.16 bits per heavy atom. The Hall–Kier alpha value is -2.32. The highest BCUT2D eigenvalue weighted by Gasteiger charge is 2.30. The number of hydrogen-bond donors (Lipinski definition) is 0. The van der Waals surface area contributed by atoms with Gasteiger partial charge in [-0.3, -0.25) is 0 Å². The number of nitrogens with zero attached hydrogens (tertiary/aromatic N) is 5. The van der Waals surface area contributed by atoms with E-state index in [9.17, 15) is 13.6 Å². The third kappa shape index (κ3) is 3.85. The van der Waals surface area contributed by atoms with Crippen LogP contribution in [-0.4, -0.2) is 49.3 Å². The van der Waals surface area contributed by atoms with Crippen LogP contribution in [0.5, 0.6) is 0 Å². The lowest BCUT2D eigenvalue weighted by Gasteiger charge is -2.34. The smallest absolute Gasteiger partial charge is 0.410 e. The summed E-state index contributed by atoms with van der Waals surface area (Å²) in [6.07, 6.45) is -0.357. The van der Waals surface area contributed by atoms with E-state index in [4.69, 9.17) is 4.74 Å². The van der Waals surface area contributed by atoms with Gasteiger partial charge in [-0.1, -0.05) is 0 Å². The molecule has 3 heterocycles. The number of amides is 1. The topological polar surface area (TPSA) is 72.6 Å². The molecule has 0 unspecified atom stereocenters. The number of ether oxygens (including phenoxy) is 1. The molecule has 7 nitrogen and oxygen atoms in total. The molecule has 1 fully saturated rings. The second-order valence-electron chi connectivity index (χ2n) is 7.14. The number of aromatic nitrogens is 4. The SMILES string of the molecule is CC(C)(C)OC(=O)N1CCC[C@H](c2cc(C(F)F)n3ncnc3n2)C1. The Kier molecular flexibility index (Phi) is 4.57. The first-order valence-electron chi connectivity index (χ1n) is 8.21. The number of carbonyl (C=O) groups is 1. The number of alkyl halides is 2. The van der Waals surface area contributed by atoms with Crippen LogP contribution in [0.1, 0.15) is 57.3 Å². The molecule has 1 aliphatic rings. The van der Waals surface area contributed by atoms with Crippen LogP contribution in [-0.2, 0) is 4.74 Å². The van der Waals surface area contributed by atoms with Crippen molar-refractivity contribution in [2.75, 3.05) is 13.1 Å². The molecule has 0 N–H and O–H groups in total. The second-order valence-corrected chi connectivity index (χ2v) is 7.14. The summed E-state index contributed by atoms with van der Waals surface area (Å²) >= 11 is 0. The number of piperidine rings is 1. The standard InChI is InChI=1S/C16H21F2N5O2/c1-16(2,3)25-15(24)22-6-4-5-10(8-22)11-7-12(13(17)18)23-14(21-11)19-9-20-23/h7,9-10,13H,4-6,8H2,1-3H3/t10-/m0/s1. The fourth-order valence-corrected chi connectivity index (χ4v) is 2.93. The lowest BCUT2D eigenvalue weighted by Crippen LogP contribution is -2.42. The number of hydrogen-bond acceptors (Lipinski definition) is 5. The van der Waals surface area contributed by atoms with Crippen molar-refractivity contribution in [2.45, 2.75) is 51.6 Å². The fourth-order valence-electron chi connectivity index (χ4n) is 2.93. The first-order valence-corrected chi connectivity index (χ1v) is 8.21. The van der Waals surface area contributed by atoms with Gasteiger partial charge in [0.05, 0.1) is 5.69 Å². The van der Waals surface area contributed by atoms with E-state index in [0.717, 1.165) is 17.4 Å². The molecular formula is C16H21F2N5O2. The Bertz CT molecular complexity index is 771. The van der Waals surface area contributed by atoms with Gasteiger partial charge in [0.15, 0.2) is 0 Å². The number of rotatable bonds is 2. The first kappa shape index (κ1) is 17.5. The molecule has 0 aliphatic carbocycles. The Morgan fingerprint density at radius 1 is 1.40 bits per heavy atom. The molecule has 1 saturated heterocycles. The highest BCUT2D eigenvalue weighted by Crippen LogP contribution is 2.29. The van der Waals surface area contributed by atoms with Crippen LogP contribution in [0.15, 0.2) is 12.4 Å². The minimum atomic E-state index is -2.68. The monoisotopic (exact) mass is 353 g/mol. The summed E-state index contributed by atoms with van der Waals surface area (Å²) < 4.78 is 33.1. The van der Waals surface area contributed by atoms with Gasteiger partial charge in [-0.25, -0.2) is 18.6 Å². The average Bonchev–Trinajstić information content (AvgIpc) is 3.00. The highest BCUT2D eigenvalue weighted by molar-refractivity contribution is 5.68. The van der Waals surface area contributed by atoms with Gasteiger partial charge in [-0.05, 0) is 39.7 Å². The van der Waals surface area contributed by atoms with E-state index in [-0.39, 0.29) is 17.4 Å². The lowest BCUT2D eigenvalue weighted by atomic mass is 9.94. The van der Waals surface area contributed by atoms with Crippen molar-refractivity contribution >= 4 is 11.9 Å². The number of likely N-dealkylation sites (tertiary alicyclic amines) is 1. The Labute approximate surface area is 144 Å². The molecule has 2 aromatic heterocycles. The van der Waals surface area contributed by atoms with Crippen molar-refractivity contribution in [2.24, 2.45) is 0 Å². The van der Waals surface area contributed by atoms with E-state index in [1.54, 1.807) is 4.90 Å². The zero-order valence-corrected chi connectivity index (χ0v) is 14.4. The molecule has 0 bridgehead atoms. The minimum Gasteiger partial charge on any atom is -0.444 e. The van der Waals surface area contributed by atoms with Crippen LogP contribution < -0.4 is 0 Å². The zero-order valence-electron chi connectivity index (χ0n) is 14.4. The van der Waals surface area contributed by atoms with Crippen LogP contribution in [0.25, 0.3) is 5.78 Å². The van der Waals surface area contributed by atoms with Crippen molar-refractivity contribution in [3.05, 3.63) is 23.8 Å². The van der Waals surface area contributed by atoms with Crippen molar-refractivity contribution in [1.29, 1.82) is 0 Å². The van der Waals surface area contributed by atoms with Crippen molar-refractivity contribution in [3.8, 4) is 0 Å². The summed E-state index contributed by atoms with van der Waals surface area (Å²) in [6, 6.07) is 1.36. The predicted molar refractivity (Wildman–Crippen MR) is 85.5 cm³/mol. The third-order valence-electron chi connectivity index (χ3n) is 4.01. The van der Waals surface area contributed by atoms with E-state index in [0.29, 0.717) is 18.8 Å². The molecule has 0 radical (unpaired) electrons. The first-order chi connectivity index (χ1) is 11.7. The maximum absolute atomic E-state index is 13.3. The lowest BCUT2D eigenvalue weighted by molar-refractivity contribution is 0.0197. The molecule has 2 aromatic rings. The van der Waals surface area contributed by atoms with Gasteiger partial charge in [0.25, 0.3) is 12.2 Å². The molecule has 0 spiro atoms. The van der Waals surface area contributed by atoms with Gasteiger partial charge in [0, 0.05) is 19.0 Å². The number of carbonyl (C=O) groups excluding carboxylic acids is 1. The Morgan fingerprint density at radius 3 is 2.84 bits per heavy atom. The second kappa shape index (κ2) is 6.53. The largest absolute Gasteiger partial charge is 0.444 e. The van der Waals surface area contributed by atoms with Crippen LogP contribution in [0.3, 0.4) is 0 Å². The van der Waals surface area contributed by atoms with E-state index in [1.165, 1.54) is 12.4 Å². The van der Waals surface area contributed by atoms with Gasteiger partial charge >= 0.3 is 6.09 Å². The maximum atomic E-state index is 13.3. The zero-order chi connectivity index (χ0) is 18.2. The fraction of sp³-hybridized carbons (Fsp3) is 0.625. The molecule has 0 aromatic carbocycles. The number of fused-ring (bicyclic) bond motifs is 1. The van der Waals surface area contributed by atoms with Crippen LogP contribution in [0.2, 0.25) is 0 Å². The van der Waals surface area contributed by atoms with Crippen molar-refractivity contribution < 1.29 is 18.3 Å². The quantitative estimate of drug-likeness (QED) is 0.829. The van der Waals surface area contributed by atoms with Gasteiger partial charge in [-0.2, -0.15) is 14.6 Å². The summed E-state index contributed by atoms with van der Waals surface area (Å²) in [5, 5.41) is 3.79. The third-order valence-corrected chi connectivity index (χ3v) is 4.01. The maximum Gasteiger partial charge on any atom is 0.410 e. The molecule has 9 heteroatoms. The van der Waals surface area contributed by atoms with Crippen LogP contribution in [0.4, 0.5) is 13.6 Å². The molecule has 136 valence electrons. The summed E-state index contributed by atoms with van der Waals surface area (Å²) in [7, 11) is 0. The van der Waals surface area contributed by atoms with Crippen molar-refractivity contribution in [3.63, 3.8) is 0 Å². The summed E-state index contributed by atoms with van der Waals surface area (Å²) in [5.74, 6) is 0.00246. The van der Waals surface area contributed by atoms with Gasteiger partial charge in [-0.15, -0.1) is 0 Å². The molecule has 1 atom stereocenters. The van der Waals surface area contributed by atoms with Gasteiger partial charge in [0.1, 0.15) is 17.6 Å². The minimum absolute atomic E-state index is 0.138. The van der Waals surface area contributed by atoms with E-state index < -0.39 is 18.1 Å². The van der Waals surface area contributed by atoms with Crippen molar-refractivity contribution in [1.82, 2.24) is 24.5 Å². The normalized spacial score (nSPS) is 18.8. The van der Waals surface area contributed by atoms with Crippen LogP contribution in [0, 0.1) is 0 Å². The highest BCUT2D eigenvalue weighted by atomic mass is 19.3. The van der Waals surface area contributed by atoms with Gasteiger partial charge < -0.3 is 9.64 Å².